The molecule has 3 rings (SSSR count). The number of ether oxygens (including phenoxy) is 2. The number of carbonyl (C=O) groups excluding carboxylic acids is 1. The molecule has 2 heterocycles. The third-order valence-corrected chi connectivity index (χ3v) is 3.46. The zero-order valence-corrected chi connectivity index (χ0v) is 12.0. The molecule has 1 N–H and O–H groups in total. The molecular weight excluding hydrogens is 324 g/mol. The van der Waals surface area contributed by atoms with Crippen LogP contribution in [0.4, 0.5) is 5.69 Å². The Morgan fingerprint density at radius 1 is 1.25 bits per heavy atom. The van der Waals surface area contributed by atoms with Crippen molar-refractivity contribution in [1.29, 1.82) is 0 Å². The molecule has 5 nitrogen and oxygen atoms in total. The van der Waals surface area contributed by atoms with Gasteiger partial charge in [0.05, 0.1) is 15.7 Å². The minimum absolute atomic E-state index is 0.251. The SMILES string of the molecule is O=C(Nc1ccncc1Br)c1cccc2c1OCCO2. The normalized spacial score (nSPS) is 12.8. The Morgan fingerprint density at radius 3 is 2.95 bits per heavy atom. The zero-order valence-electron chi connectivity index (χ0n) is 10.4. The van der Waals surface area contributed by atoms with Crippen LogP contribution in [0, 0.1) is 0 Å². The number of hydrogen-bond donors (Lipinski definition) is 1. The maximum Gasteiger partial charge on any atom is 0.259 e. The van der Waals surface area contributed by atoms with Crippen LogP contribution in [0.25, 0.3) is 0 Å². The van der Waals surface area contributed by atoms with Crippen molar-refractivity contribution in [3.05, 3.63) is 46.7 Å². The molecule has 0 saturated heterocycles. The molecule has 0 atom stereocenters. The van der Waals surface area contributed by atoms with Gasteiger partial charge in [-0.25, -0.2) is 0 Å². The molecule has 1 aliphatic rings. The average Bonchev–Trinajstić information content (AvgIpc) is 2.49. The third kappa shape index (κ3) is 2.46. The lowest BCUT2D eigenvalue weighted by atomic mass is 10.1. The van der Waals surface area contributed by atoms with E-state index in [1.807, 2.05) is 0 Å². The Labute approximate surface area is 124 Å². The fraction of sp³-hybridized carbons (Fsp3) is 0.143. The number of nitrogens with one attached hydrogen (secondary N) is 1. The van der Waals surface area contributed by atoms with Crippen LogP contribution in [0.2, 0.25) is 0 Å². The van der Waals surface area contributed by atoms with Gasteiger partial charge in [-0.15, -0.1) is 0 Å². The maximum atomic E-state index is 12.4. The summed E-state index contributed by atoms with van der Waals surface area (Å²) in [4.78, 5) is 16.3. The number of pyridine rings is 1. The Hall–Kier alpha value is -2.08. The molecule has 1 amide bonds. The van der Waals surface area contributed by atoms with Gasteiger partial charge in [0.25, 0.3) is 5.91 Å². The first kappa shape index (κ1) is 12.9. The van der Waals surface area contributed by atoms with E-state index in [1.165, 1.54) is 0 Å². The van der Waals surface area contributed by atoms with E-state index < -0.39 is 0 Å². The van der Waals surface area contributed by atoms with Gasteiger partial charge in [0.1, 0.15) is 13.2 Å². The van der Waals surface area contributed by atoms with Crippen LogP contribution in [0.3, 0.4) is 0 Å². The molecule has 6 heteroatoms. The van der Waals surface area contributed by atoms with Gasteiger partial charge >= 0.3 is 0 Å². The second-order valence-corrected chi connectivity index (χ2v) is 4.99. The van der Waals surface area contributed by atoms with Crippen molar-refractivity contribution in [3.63, 3.8) is 0 Å². The lowest BCUT2D eigenvalue weighted by molar-refractivity contribution is 0.101. The van der Waals surface area contributed by atoms with Gasteiger partial charge in [-0.1, -0.05) is 6.07 Å². The Kier molecular flexibility index (Phi) is 3.56. The van der Waals surface area contributed by atoms with Crippen molar-refractivity contribution in [2.45, 2.75) is 0 Å². The summed E-state index contributed by atoms with van der Waals surface area (Å²) in [7, 11) is 0. The molecule has 1 aliphatic heterocycles. The van der Waals surface area contributed by atoms with Crippen molar-refractivity contribution in [2.75, 3.05) is 18.5 Å². The number of aromatic nitrogens is 1. The fourth-order valence-corrected chi connectivity index (χ4v) is 2.27. The predicted octanol–water partition coefficient (Wildman–Crippen LogP) is 2.87. The number of rotatable bonds is 2. The number of anilines is 1. The first-order valence-corrected chi connectivity index (χ1v) is 6.84. The van der Waals surface area contributed by atoms with E-state index >= 15 is 0 Å². The lowest BCUT2D eigenvalue weighted by Crippen LogP contribution is -2.20. The topological polar surface area (TPSA) is 60.5 Å². The smallest absolute Gasteiger partial charge is 0.259 e. The Bertz CT molecular complexity index is 661. The van der Waals surface area contributed by atoms with Crippen LogP contribution < -0.4 is 14.8 Å². The monoisotopic (exact) mass is 334 g/mol. The Morgan fingerprint density at radius 2 is 2.10 bits per heavy atom. The summed E-state index contributed by atoms with van der Waals surface area (Å²) in [6.45, 7) is 0.935. The molecule has 0 bridgehead atoms. The number of benzene rings is 1. The molecule has 102 valence electrons. The molecule has 0 saturated carbocycles. The fourth-order valence-electron chi connectivity index (χ4n) is 1.92. The second kappa shape index (κ2) is 5.50. The summed E-state index contributed by atoms with van der Waals surface area (Å²) in [5, 5.41) is 2.82. The van der Waals surface area contributed by atoms with Crippen LogP contribution in [0.15, 0.2) is 41.1 Å². The lowest BCUT2D eigenvalue weighted by Gasteiger charge is -2.20. The van der Waals surface area contributed by atoms with Crippen LogP contribution in [0.1, 0.15) is 10.4 Å². The van der Waals surface area contributed by atoms with Gasteiger partial charge in [-0.05, 0) is 34.1 Å². The molecular formula is C14H11BrN2O3. The highest BCUT2D eigenvalue weighted by molar-refractivity contribution is 9.10. The van der Waals surface area contributed by atoms with Crippen LogP contribution in [-0.4, -0.2) is 24.1 Å². The Balaban J connectivity index is 1.90. The first-order valence-electron chi connectivity index (χ1n) is 6.05. The molecule has 1 aromatic heterocycles. The van der Waals surface area contributed by atoms with E-state index in [0.29, 0.717) is 36.0 Å². The maximum absolute atomic E-state index is 12.4. The summed E-state index contributed by atoms with van der Waals surface area (Å²) < 4.78 is 11.7. The van der Waals surface area contributed by atoms with Crippen molar-refractivity contribution >= 4 is 27.5 Å². The van der Waals surface area contributed by atoms with Gasteiger partial charge in [0, 0.05) is 12.4 Å². The molecule has 20 heavy (non-hydrogen) atoms. The van der Waals surface area contributed by atoms with E-state index in [9.17, 15) is 4.79 Å². The predicted molar refractivity (Wildman–Crippen MR) is 77.3 cm³/mol. The largest absolute Gasteiger partial charge is 0.486 e. The van der Waals surface area contributed by atoms with Gasteiger partial charge in [-0.3, -0.25) is 9.78 Å². The van der Waals surface area contributed by atoms with Gasteiger partial charge < -0.3 is 14.8 Å². The molecule has 1 aromatic carbocycles. The summed E-state index contributed by atoms with van der Waals surface area (Å²) >= 11 is 3.34. The van der Waals surface area contributed by atoms with Crippen molar-refractivity contribution in [1.82, 2.24) is 4.98 Å². The summed E-state index contributed by atoms with van der Waals surface area (Å²) in [6.07, 6.45) is 3.23. The number of amides is 1. The summed E-state index contributed by atoms with van der Waals surface area (Å²) in [5.41, 5.74) is 1.10. The van der Waals surface area contributed by atoms with Gasteiger partial charge in [0.2, 0.25) is 0 Å². The molecule has 2 aromatic rings. The average molecular weight is 335 g/mol. The number of carbonyl (C=O) groups is 1. The number of para-hydroxylation sites is 1. The van der Waals surface area contributed by atoms with E-state index in [1.54, 1.807) is 36.7 Å². The minimum atomic E-state index is -0.251. The second-order valence-electron chi connectivity index (χ2n) is 4.14. The van der Waals surface area contributed by atoms with Crippen molar-refractivity contribution in [3.8, 4) is 11.5 Å². The van der Waals surface area contributed by atoms with E-state index in [0.717, 1.165) is 4.47 Å². The highest BCUT2D eigenvalue weighted by atomic mass is 79.9. The highest BCUT2D eigenvalue weighted by Gasteiger charge is 2.20. The molecule has 0 spiro atoms. The zero-order chi connectivity index (χ0) is 13.9. The molecule has 0 radical (unpaired) electrons. The van der Waals surface area contributed by atoms with E-state index in [2.05, 4.69) is 26.2 Å². The first-order chi connectivity index (χ1) is 9.75. The third-order valence-electron chi connectivity index (χ3n) is 2.83. The number of hydrogen-bond acceptors (Lipinski definition) is 4. The summed E-state index contributed by atoms with van der Waals surface area (Å²) in [5.74, 6) is 0.832. The van der Waals surface area contributed by atoms with Crippen LogP contribution in [-0.2, 0) is 0 Å². The van der Waals surface area contributed by atoms with E-state index in [4.69, 9.17) is 9.47 Å². The standard InChI is InChI=1S/C14H11BrN2O3/c15-10-8-16-5-4-11(10)17-14(18)9-2-1-3-12-13(9)20-7-6-19-12/h1-5,8H,6-7H2,(H,16,17,18). The highest BCUT2D eigenvalue weighted by Crippen LogP contribution is 2.34. The number of nitrogens with zero attached hydrogens (tertiary/aromatic N) is 1. The van der Waals surface area contributed by atoms with Crippen molar-refractivity contribution in [2.24, 2.45) is 0 Å². The number of fused-ring (bicyclic) bond motifs is 1. The van der Waals surface area contributed by atoms with Gasteiger partial charge in [0.15, 0.2) is 11.5 Å². The van der Waals surface area contributed by atoms with Gasteiger partial charge in [-0.2, -0.15) is 0 Å². The van der Waals surface area contributed by atoms with Crippen molar-refractivity contribution < 1.29 is 14.3 Å². The summed E-state index contributed by atoms with van der Waals surface area (Å²) in [6, 6.07) is 6.98. The molecule has 0 unspecified atom stereocenters. The molecule has 0 aliphatic carbocycles. The minimum Gasteiger partial charge on any atom is -0.486 e. The van der Waals surface area contributed by atoms with Crippen LogP contribution in [0.5, 0.6) is 11.5 Å². The van der Waals surface area contributed by atoms with E-state index in [-0.39, 0.29) is 5.91 Å². The quantitative estimate of drug-likeness (QED) is 0.917. The van der Waals surface area contributed by atoms with Crippen LogP contribution >= 0.6 is 15.9 Å². The number of halogens is 1. The molecule has 0 fully saturated rings.